The lowest BCUT2D eigenvalue weighted by atomic mass is 10.2. The highest BCUT2D eigenvalue weighted by atomic mass is 16.5. The van der Waals surface area contributed by atoms with Crippen LogP contribution in [-0.2, 0) is 4.74 Å². The van der Waals surface area contributed by atoms with Crippen LogP contribution in [0.3, 0.4) is 0 Å². The van der Waals surface area contributed by atoms with Gasteiger partial charge in [-0.05, 0) is 44.5 Å². The van der Waals surface area contributed by atoms with Crippen molar-refractivity contribution in [2.45, 2.75) is 40.0 Å². The van der Waals surface area contributed by atoms with Crippen LogP contribution in [0.15, 0.2) is 30.5 Å². The van der Waals surface area contributed by atoms with E-state index >= 15 is 0 Å². The van der Waals surface area contributed by atoms with Crippen molar-refractivity contribution in [3.8, 4) is 5.69 Å². The van der Waals surface area contributed by atoms with Gasteiger partial charge in [-0.2, -0.15) is 5.10 Å². The smallest absolute Gasteiger partial charge is 0.341 e. The highest BCUT2D eigenvalue weighted by Crippen LogP contribution is 2.16. The number of amides is 1. The molecule has 0 saturated heterocycles. The van der Waals surface area contributed by atoms with Crippen LogP contribution in [0.2, 0.25) is 0 Å². The number of unbranched alkanes of at least 4 members (excludes halogenated alkanes) is 2. The topological polar surface area (TPSA) is 73.2 Å². The van der Waals surface area contributed by atoms with Gasteiger partial charge in [0.25, 0.3) is 5.91 Å². The van der Waals surface area contributed by atoms with Gasteiger partial charge < -0.3 is 10.1 Å². The lowest BCUT2D eigenvalue weighted by Gasteiger charge is -2.08. The average Bonchev–Trinajstić information content (AvgIpc) is 3.00. The fraction of sp³-hybridized carbons (Fsp3) is 0.421. The van der Waals surface area contributed by atoms with Crippen molar-refractivity contribution in [1.82, 2.24) is 15.1 Å². The maximum atomic E-state index is 12.1. The molecule has 1 aromatic carbocycles. The number of nitrogens with zero attached hydrogens (tertiary/aromatic N) is 2. The highest BCUT2D eigenvalue weighted by molar-refractivity contribution is 5.94. The molecular weight excluding hydrogens is 318 g/mol. The Morgan fingerprint density at radius 3 is 2.52 bits per heavy atom. The minimum atomic E-state index is -0.380. The van der Waals surface area contributed by atoms with Crippen molar-refractivity contribution in [2.24, 2.45) is 0 Å². The normalized spacial score (nSPS) is 10.5. The Morgan fingerprint density at radius 1 is 1.16 bits per heavy atom. The molecule has 0 atom stereocenters. The Morgan fingerprint density at radius 2 is 1.88 bits per heavy atom. The third kappa shape index (κ3) is 4.68. The first kappa shape index (κ1) is 18.7. The summed E-state index contributed by atoms with van der Waals surface area (Å²) in [5, 5.41) is 7.16. The summed E-state index contributed by atoms with van der Waals surface area (Å²) in [5.74, 6) is -0.457. The first-order valence-corrected chi connectivity index (χ1v) is 8.68. The Hall–Kier alpha value is -2.63. The number of benzene rings is 1. The summed E-state index contributed by atoms with van der Waals surface area (Å²) in [5.41, 5.74) is 2.54. The lowest BCUT2D eigenvalue weighted by Crippen LogP contribution is -2.24. The van der Waals surface area contributed by atoms with Crippen LogP contribution < -0.4 is 5.32 Å². The van der Waals surface area contributed by atoms with Crippen LogP contribution >= 0.6 is 0 Å². The second-order valence-corrected chi connectivity index (χ2v) is 5.79. The molecule has 0 unspecified atom stereocenters. The minimum absolute atomic E-state index is 0.0768. The maximum absolute atomic E-state index is 12.1. The summed E-state index contributed by atoms with van der Waals surface area (Å²) in [6.07, 6.45) is 4.73. The largest absolute Gasteiger partial charge is 0.462 e. The molecule has 1 heterocycles. The van der Waals surface area contributed by atoms with Crippen molar-refractivity contribution in [3.05, 3.63) is 47.3 Å². The summed E-state index contributed by atoms with van der Waals surface area (Å²) in [6, 6.07) is 7.15. The van der Waals surface area contributed by atoms with Crippen LogP contribution in [0, 0.1) is 6.92 Å². The van der Waals surface area contributed by atoms with Crippen molar-refractivity contribution < 1.29 is 14.3 Å². The van der Waals surface area contributed by atoms with Crippen molar-refractivity contribution in [1.29, 1.82) is 0 Å². The van der Waals surface area contributed by atoms with E-state index in [1.807, 2.05) is 19.1 Å². The third-order valence-corrected chi connectivity index (χ3v) is 3.95. The van der Waals surface area contributed by atoms with Gasteiger partial charge in [0.2, 0.25) is 0 Å². The van der Waals surface area contributed by atoms with E-state index in [4.69, 9.17) is 4.74 Å². The van der Waals surface area contributed by atoms with Crippen LogP contribution in [0.5, 0.6) is 0 Å². The molecule has 0 aliphatic carbocycles. The number of nitrogens with one attached hydrogen (secondary N) is 1. The zero-order valence-electron chi connectivity index (χ0n) is 15.0. The van der Waals surface area contributed by atoms with E-state index in [0.29, 0.717) is 30.0 Å². The summed E-state index contributed by atoms with van der Waals surface area (Å²) < 4.78 is 6.68. The molecule has 0 radical (unpaired) electrons. The molecule has 1 amide bonds. The molecule has 25 heavy (non-hydrogen) atoms. The fourth-order valence-electron chi connectivity index (χ4n) is 2.51. The van der Waals surface area contributed by atoms with E-state index in [9.17, 15) is 9.59 Å². The molecule has 1 aromatic heterocycles. The van der Waals surface area contributed by atoms with Gasteiger partial charge in [-0.3, -0.25) is 4.79 Å². The molecule has 0 saturated carbocycles. The number of hydrogen-bond donors (Lipinski definition) is 1. The van der Waals surface area contributed by atoms with E-state index in [2.05, 4.69) is 17.3 Å². The van der Waals surface area contributed by atoms with Gasteiger partial charge in [0, 0.05) is 12.1 Å². The monoisotopic (exact) mass is 343 g/mol. The van der Waals surface area contributed by atoms with E-state index < -0.39 is 0 Å². The van der Waals surface area contributed by atoms with E-state index in [1.165, 1.54) is 6.20 Å². The number of carbonyl (C=O) groups excluding carboxylic acids is 2. The maximum Gasteiger partial charge on any atom is 0.341 e. The number of ether oxygens (including phenoxy) is 1. The van der Waals surface area contributed by atoms with E-state index in [1.54, 1.807) is 23.7 Å². The Kier molecular flexibility index (Phi) is 6.74. The van der Waals surface area contributed by atoms with Gasteiger partial charge in [0.15, 0.2) is 0 Å². The average molecular weight is 343 g/mol. The first-order chi connectivity index (χ1) is 12.1. The molecular formula is C19H25N3O3. The van der Waals surface area contributed by atoms with Crippen molar-refractivity contribution in [3.63, 3.8) is 0 Å². The van der Waals surface area contributed by atoms with Gasteiger partial charge in [-0.25, -0.2) is 9.48 Å². The van der Waals surface area contributed by atoms with Gasteiger partial charge in [0.1, 0.15) is 5.56 Å². The molecule has 134 valence electrons. The summed E-state index contributed by atoms with van der Waals surface area (Å²) in [4.78, 5) is 24.0. The molecule has 0 aliphatic heterocycles. The number of esters is 1. The van der Waals surface area contributed by atoms with Crippen molar-refractivity contribution >= 4 is 11.9 Å². The van der Waals surface area contributed by atoms with Gasteiger partial charge >= 0.3 is 5.97 Å². The number of aromatic nitrogens is 2. The second kappa shape index (κ2) is 9.01. The van der Waals surface area contributed by atoms with Crippen LogP contribution in [0.25, 0.3) is 5.69 Å². The van der Waals surface area contributed by atoms with Crippen LogP contribution in [-0.4, -0.2) is 34.8 Å². The van der Waals surface area contributed by atoms with Crippen LogP contribution in [0.1, 0.15) is 59.5 Å². The van der Waals surface area contributed by atoms with Gasteiger partial charge in [-0.15, -0.1) is 0 Å². The number of rotatable bonds is 8. The zero-order chi connectivity index (χ0) is 18.2. The summed E-state index contributed by atoms with van der Waals surface area (Å²) in [6.45, 7) is 6.73. The standard InChI is InChI=1S/C19H25N3O3/c1-4-6-7-12-20-18(23)15-8-10-16(11-9-15)22-14(3)17(13-21-22)19(24)25-5-2/h8-11,13H,4-7,12H2,1-3H3,(H,20,23). The predicted octanol–water partition coefficient (Wildman–Crippen LogP) is 3.28. The zero-order valence-corrected chi connectivity index (χ0v) is 15.0. The molecule has 2 aromatic rings. The highest BCUT2D eigenvalue weighted by Gasteiger charge is 2.16. The first-order valence-electron chi connectivity index (χ1n) is 8.68. The molecule has 6 heteroatoms. The minimum Gasteiger partial charge on any atom is -0.462 e. The number of carbonyl (C=O) groups is 2. The second-order valence-electron chi connectivity index (χ2n) is 5.79. The quantitative estimate of drug-likeness (QED) is 0.590. The SMILES string of the molecule is CCCCCNC(=O)c1ccc(-n2ncc(C(=O)OCC)c2C)cc1. The predicted molar refractivity (Wildman–Crippen MR) is 96.1 cm³/mol. The number of hydrogen-bond acceptors (Lipinski definition) is 4. The molecule has 0 spiro atoms. The third-order valence-electron chi connectivity index (χ3n) is 3.95. The molecule has 0 fully saturated rings. The van der Waals surface area contributed by atoms with Crippen LogP contribution in [0.4, 0.5) is 0 Å². The van der Waals surface area contributed by atoms with E-state index in [-0.39, 0.29) is 11.9 Å². The molecule has 0 bridgehead atoms. The fourth-order valence-corrected chi connectivity index (χ4v) is 2.51. The Labute approximate surface area is 148 Å². The molecule has 1 N–H and O–H groups in total. The Bertz CT molecular complexity index is 720. The molecule has 6 nitrogen and oxygen atoms in total. The Balaban J connectivity index is 2.07. The van der Waals surface area contributed by atoms with Crippen molar-refractivity contribution in [2.75, 3.05) is 13.2 Å². The summed E-state index contributed by atoms with van der Waals surface area (Å²) >= 11 is 0. The van der Waals surface area contributed by atoms with Gasteiger partial charge in [0.05, 0.1) is 24.2 Å². The molecule has 2 rings (SSSR count). The van der Waals surface area contributed by atoms with Gasteiger partial charge in [-0.1, -0.05) is 19.8 Å². The lowest BCUT2D eigenvalue weighted by molar-refractivity contribution is 0.0525. The summed E-state index contributed by atoms with van der Waals surface area (Å²) in [7, 11) is 0. The van der Waals surface area contributed by atoms with E-state index in [0.717, 1.165) is 24.9 Å². The molecule has 0 aliphatic rings.